The molecule has 0 heterocycles. The quantitative estimate of drug-likeness (QED) is 0.317. The van der Waals surface area contributed by atoms with Crippen LogP contribution in [0.25, 0.3) is 0 Å². The van der Waals surface area contributed by atoms with Crippen molar-refractivity contribution < 1.29 is 0 Å². The van der Waals surface area contributed by atoms with Crippen LogP contribution in [0.15, 0.2) is 30.0 Å². The molecule has 62 valence electrons. The van der Waals surface area contributed by atoms with Crippen LogP contribution in [0.5, 0.6) is 0 Å². The maximum Gasteiger partial charge on any atom is -0.00723 e. The van der Waals surface area contributed by atoms with E-state index in [1.807, 2.05) is 6.08 Å². The van der Waals surface area contributed by atoms with Gasteiger partial charge in [0.1, 0.15) is 0 Å². The van der Waals surface area contributed by atoms with E-state index in [9.17, 15) is 0 Å². The minimum Gasteiger partial charge on any atom is -0.122 e. The van der Waals surface area contributed by atoms with Crippen molar-refractivity contribution in [1.82, 2.24) is 0 Å². The molecule has 0 atom stereocenters. The molecular formula is C11H18. The molecule has 0 unspecified atom stereocenters. The maximum absolute atomic E-state index is 3.71. The van der Waals surface area contributed by atoms with E-state index in [1.165, 1.54) is 18.4 Å². The Bertz CT molecular complexity index is 157. The molecule has 0 aliphatic carbocycles. The predicted molar refractivity (Wildman–Crippen MR) is 51.6 cm³/mol. The van der Waals surface area contributed by atoms with Crippen LogP contribution >= 0.6 is 0 Å². The SMILES string of the molecule is C=CC(=C=CCCCC)CC. The summed E-state index contributed by atoms with van der Waals surface area (Å²) in [6.07, 6.45) is 8.70. The molecule has 0 saturated carbocycles. The zero-order chi connectivity index (χ0) is 8.53. The van der Waals surface area contributed by atoms with E-state index in [1.54, 1.807) is 0 Å². The monoisotopic (exact) mass is 150 g/mol. The number of rotatable bonds is 5. The maximum atomic E-state index is 3.71. The summed E-state index contributed by atoms with van der Waals surface area (Å²) in [5, 5.41) is 0. The summed E-state index contributed by atoms with van der Waals surface area (Å²) in [7, 11) is 0. The van der Waals surface area contributed by atoms with E-state index in [-0.39, 0.29) is 0 Å². The molecule has 11 heavy (non-hydrogen) atoms. The van der Waals surface area contributed by atoms with Crippen LogP contribution in [0.3, 0.4) is 0 Å². The highest BCUT2D eigenvalue weighted by molar-refractivity contribution is 5.14. The standard InChI is InChI=1S/C11H18/c1-4-7-8-9-10-11(5-2)6-3/h5,9H,2,4,6-8H2,1,3H3. The van der Waals surface area contributed by atoms with Gasteiger partial charge in [-0.15, -0.1) is 5.73 Å². The second-order valence-corrected chi connectivity index (χ2v) is 2.57. The van der Waals surface area contributed by atoms with Crippen molar-refractivity contribution in [2.75, 3.05) is 0 Å². The van der Waals surface area contributed by atoms with Crippen molar-refractivity contribution in [2.24, 2.45) is 0 Å². The Morgan fingerprint density at radius 1 is 1.45 bits per heavy atom. The Kier molecular flexibility index (Phi) is 6.87. The minimum atomic E-state index is 1.03. The van der Waals surface area contributed by atoms with Gasteiger partial charge in [0.25, 0.3) is 0 Å². The van der Waals surface area contributed by atoms with Crippen LogP contribution in [-0.4, -0.2) is 0 Å². The van der Waals surface area contributed by atoms with Gasteiger partial charge in [-0.1, -0.05) is 32.9 Å². The lowest BCUT2D eigenvalue weighted by Gasteiger charge is -1.88. The van der Waals surface area contributed by atoms with Gasteiger partial charge in [-0.2, -0.15) is 0 Å². The minimum absolute atomic E-state index is 1.03. The lowest BCUT2D eigenvalue weighted by molar-refractivity contribution is 0.815. The van der Waals surface area contributed by atoms with Gasteiger partial charge in [-0.05, 0) is 30.9 Å². The third-order valence-corrected chi connectivity index (χ3v) is 1.62. The second-order valence-electron chi connectivity index (χ2n) is 2.57. The molecule has 0 aromatic rings. The van der Waals surface area contributed by atoms with E-state index < -0.39 is 0 Å². The molecule has 0 saturated heterocycles. The average Bonchev–Trinajstić information content (AvgIpc) is 2.05. The van der Waals surface area contributed by atoms with Crippen molar-refractivity contribution >= 4 is 0 Å². The van der Waals surface area contributed by atoms with Gasteiger partial charge in [0.2, 0.25) is 0 Å². The van der Waals surface area contributed by atoms with E-state index in [4.69, 9.17) is 0 Å². The third-order valence-electron chi connectivity index (χ3n) is 1.62. The fraction of sp³-hybridized carbons (Fsp3) is 0.545. The van der Waals surface area contributed by atoms with Crippen LogP contribution < -0.4 is 0 Å². The van der Waals surface area contributed by atoms with E-state index in [0.717, 1.165) is 12.8 Å². The number of allylic oxidation sites excluding steroid dienone is 2. The third kappa shape index (κ3) is 5.69. The molecule has 0 heteroatoms. The Morgan fingerprint density at radius 2 is 2.18 bits per heavy atom. The highest BCUT2D eigenvalue weighted by Gasteiger charge is 1.81. The highest BCUT2D eigenvalue weighted by Crippen LogP contribution is 2.00. The van der Waals surface area contributed by atoms with Crippen molar-refractivity contribution in [3.05, 3.63) is 30.0 Å². The summed E-state index contributed by atoms with van der Waals surface area (Å²) >= 11 is 0. The lowest BCUT2D eigenvalue weighted by atomic mass is 10.2. The number of unbranched alkanes of at least 4 members (excludes halogenated alkanes) is 2. The predicted octanol–water partition coefficient (Wildman–Crippen LogP) is 3.85. The first-order valence-corrected chi connectivity index (χ1v) is 4.41. The molecule has 0 radical (unpaired) electrons. The van der Waals surface area contributed by atoms with E-state index in [2.05, 4.69) is 32.2 Å². The number of hydrogen-bond acceptors (Lipinski definition) is 0. The molecule has 0 spiro atoms. The van der Waals surface area contributed by atoms with Crippen molar-refractivity contribution in [1.29, 1.82) is 0 Å². The Labute approximate surface area is 70.3 Å². The zero-order valence-corrected chi connectivity index (χ0v) is 7.69. The fourth-order valence-electron chi connectivity index (χ4n) is 0.815. The van der Waals surface area contributed by atoms with E-state index >= 15 is 0 Å². The second kappa shape index (κ2) is 7.37. The highest BCUT2D eigenvalue weighted by atomic mass is 13.9. The topological polar surface area (TPSA) is 0 Å². The summed E-state index contributed by atoms with van der Waals surface area (Å²) in [6.45, 7) is 8.03. The van der Waals surface area contributed by atoms with Crippen LogP contribution in [0.4, 0.5) is 0 Å². The van der Waals surface area contributed by atoms with E-state index in [0.29, 0.717) is 0 Å². The summed E-state index contributed by atoms with van der Waals surface area (Å²) in [4.78, 5) is 0. The lowest BCUT2D eigenvalue weighted by Crippen LogP contribution is -1.69. The largest absolute Gasteiger partial charge is 0.122 e. The Balaban J connectivity index is 3.81. The first kappa shape index (κ1) is 10.3. The van der Waals surface area contributed by atoms with Crippen molar-refractivity contribution in [3.8, 4) is 0 Å². The molecule has 0 aliphatic heterocycles. The fourth-order valence-corrected chi connectivity index (χ4v) is 0.815. The van der Waals surface area contributed by atoms with Gasteiger partial charge in [-0.25, -0.2) is 0 Å². The molecule has 0 rings (SSSR count). The zero-order valence-electron chi connectivity index (χ0n) is 7.69. The van der Waals surface area contributed by atoms with Gasteiger partial charge >= 0.3 is 0 Å². The Hall–Kier alpha value is -0.740. The normalized spacial score (nSPS) is 8.55. The molecule has 0 nitrogen and oxygen atoms in total. The van der Waals surface area contributed by atoms with Crippen molar-refractivity contribution in [2.45, 2.75) is 39.5 Å². The average molecular weight is 150 g/mol. The Morgan fingerprint density at radius 3 is 2.64 bits per heavy atom. The molecular weight excluding hydrogens is 132 g/mol. The van der Waals surface area contributed by atoms with Crippen LogP contribution in [-0.2, 0) is 0 Å². The van der Waals surface area contributed by atoms with Crippen LogP contribution in [0.1, 0.15) is 39.5 Å². The van der Waals surface area contributed by atoms with Gasteiger partial charge in [-0.3, -0.25) is 0 Å². The first-order chi connectivity index (χ1) is 5.35. The molecule has 0 aromatic carbocycles. The summed E-state index contributed by atoms with van der Waals surface area (Å²) in [5.41, 5.74) is 4.44. The first-order valence-electron chi connectivity index (χ1n) is 4.41. The molecule has 0 fully saturated rings. The summed E-state index contributed by atoms with van der Waals surface area (Å²) in [6, 6.07) is 0. The molecule has 0 aromatic heterocycles. The van der Waals surface area contributed by atoms with Crippen LogP contribution in [0.2, 0.25) is 0 Å². The van der Waals surface area contributed by atoms with Crippen molar-refractivity contribution in [3.63, 3.8) is 0 Å². The molecule has 0 aliphatic rings. The summed E-state index contributed by atoms with van der Waals surface area (Å²) < 4.78 is 0. The molecule has 0 bridgehead atoms. The summed E-state index contributed by atoms with van der Waals surface area (Å²) in [5.74, 6) is 0. The van der Waals surface area contributed by atoms with Gasteiger partial charge in [0, 0.05) is 0 Å². The smallest absolute Gasteiger partial charge is 0.00723 e. The van der Waals surface area contributed by atoms with Gasteiger partial charge < -0.3 is 0 Å². The van der Waals surface area contributed by atoms with Gasteiger partial charge in [0.05, 0.1) is 0 Å². The molecule has 0 N–H and O–H groups in total. The molecule has 0 amide bonds. The number of hydrogen-bond donors (Lipinski definition) is 0. The van der Waals surface area contributed by atoms with Crippen LogP contribution in [0, 0.1) is 0 Å². The van der Waals surface area contributed by atoms with Gasteiger partial charge in [0.15, 0.2) is 0 Å².